The molecule has 1 saturated carbocycles. The van der Waals surface area contributed by atoms with Crippen LogP contribution in [0, 0.1) is 11.7 Å². The van der Waals surface area contributed by atoms with Gasteiger partial charge in [0.2, 0.25) is 5.91 Å². The van der Waals surface area contributed by atoms with Gasteiger partial charge in [0.05, 0.1) is 28.8 Å². The number of carbonyl (C=O) groups is 2. The number of rotatable bonds is 4. The highest BCUT2D eigenvalue weighted by atomic mass is 35.5. The number of hydrogen-bond acceptors (Lipinski definition) is 3. The molecule has 2 amide bonds. The smallest absolute Gasteiger partial charge is 0.256 e. The average molecular weight is 526 g/mol. The molecule has 0 aromatic heterocycles. The van der Waals surface area contributed by atoms with E-state index in [4.69, 9.17) is 39.5 Å². The minimum Gasteiger partial charge on any atom is -0.373 e. The number of nitrogens with zero attached hydrogens (tertiary/aromatic N) is 1. The molecule has 2 saturated heterocycles. The number of nitrogens with one attached hydrogen (secondary N) is 1. The van der Waals surface area contributed by atoms with Crippen molar-refractivity contribution in [1.82, 2.24) is 10.2 Å². The number of carbonyl (C=O) groups excluding carboxylic acids is 2. The van der Waals surface area contributed by atoms with Crippen LogP contribution in [0.3, 0.4) is 0 Å². The number of amides is 2. The van der Waals surface area contributed by atoms with Crippen LogP contribution in [-0.4, -0.2) is 48.1 Å². The van der Waals surface area contributed by atoms with E-state index in [0.717, 1.165) is 18.1 Å². The molecule has 9 heteroatoms. The Bertz CT molecular complexity index is 1100. The molecule has 3 atom stereocenters. The molecule has 3 aliphatic rings. The third-order valence-electron chi connectivity index (χ3n) is 7.17. The Labute approximate surface area is 212 Å². The predicted molar refractivity (Wildman–Crippen MR) is 129 cm³/mol. The molecule has 2 aromatic carbocycles. The summed E-state index contributed by atoms with van der Waals surface area (Å²) >= 11 is 17.8. The number of benzene rings is 2. The summed E-state index contributed by atoms with van der Waals surface area (Å²) in [4.78, 5) is 27.6. The summed E-state index contributed by atoms with van der Waals surface area (Å²) in [5.41, 5.74) is 0.564. The van der Waals surface area contributed by atoms with Crippen LogP contribution < -0.4 is 5.32 Å². The van der Waals surface area contributed by atoms with Gasteiger partial charge >= 0.3 is 0 Å². The molecule has 0 bridgehead atoms. The number of likely N-dealkylation sites (tertiary alicyclic amines) is 1. The van der Waals surface area contributed by atoms with E-state index in [-0.39, 0.29) is 45.0 Å². The average Bonchev–Trinajstić information content (AvgIpc) is 3.50. The van der Waals surface area contributed by atoms with E-state index < -0.39 is 11.7 Å². The van der Waals surface area contributed by atoms with Crippen molar-refractivity contribution in [2.24, 2.45) is 5.92 Å². The van der Waals surface area contributed by atoms with Crippen LogP contribution in [0.2, 0.25) is 15.1 Å². The lowest BCUT2D eigenvalue weighted by Crippen LogP contribution is -2.47. The fraction of sp³-hybridized carbons (Fsp3) is 0.440. The summed E-state index contributed by atoms with van der Waals surface area (Å²) in [6.07, 6.45) is 2.90. The molecular formula is C25H24Cl3FN2O3. The molecule has 2 heterocycles. The molecular weight excluding hydrogens is 502 g/mol. The standard InChI is InChI=1S/C25H24Cl3FN2O3/c26-15-3-1-14(2-4-15)18-11-19(18)24(33)31-7-5-25(6-8-31)12-17(13-34-25)30-23(32)22-20(28)9-16(27)10-21(22)29/h1-4,9-10,17-19H,5-8,11-13H2,(H,30,32). The van der Waals surface area contributed by atoms with Gasteiger partial charge in [-0.3, -0.25) is 9.59 Å². The summed E-state index contributed by atoms with van der Waals surface area (Å²) < 4.78 is 20.3. The van der Waals surface area contributed by atoms with Gasteiger partial charge in [0.15, 0.2) is 0 Å². The first-order valence-electron chi connectivity index (χ1n) is 11.4. The molecule has 5 rings (SSSR count). The Balaban J connectivity index is 1.14. The van der Waals surface area contributed by atoms with E-state index in [2.05, 4.69) is 5.32 Å². The zero-order valence-corrected chi connectivity index (χ0v) is 20.6. The van der Waals surface area contributed by atoms with Crippen LogP contribution >= 0.6 is 34.8 Å². The second-order valence-electron chi connectivity index (χ2n) is 9.44. The second kappa shape index (κ2) is 9.30. The van der Waals surface area contributed by atoms with Crippen LogP contribution in [0.5, 0.6) is 0 Å². The van der Waals surface area contributed by atoms with Crippen molar-refractivity contribution in [2.75, 3.05) is 19.7 Å². The van der Waals surface area contributed by atoms with Gasteiger partial charge in [-0.25, -0.2) is 4.39 Å². The van der Waals surface area contributed by atoms with Crippen LogP contribution in [-0.2, 0) is 9.53 Å². The van der Waals surface area contributed by atoms with E-state index in [0.29, 0.717) is 44.0 Å². The van der Waals surface area contributed by atoms with Crippen molar-refractivity contribution >= 4 is 46.6 Å². The minimum absolute atomic E-state index is 0.0278. The lowest BCUT2D eigenvalue weighted by molar-refractivity contribution is -0.137. The van der Waals surface area contributed by atoms with E-state index in [9.17, 15) is 14.0 Å². The quantitative estimate of drug-likeness (QED) is 0.576. The molecule has 1 aliphatic carbocycles. The largest absolute Gasteiger partial charge is 0.373 e. The highest BCUT2D eigenvalue weighted by Crippen LogP contribution is 2.49. The first kappa shape index (κ1) is 23.9. The third-order valence-corrected chi connectivity index (χ3v) is 7.94. The first-order chi connectivity index (χ1) is 16.2. The van der Waals surface area contributed by atoms with Gasteiger partial charge in [-0.05, 0) is 61.4 Å². The maximum atomic E-state index is 14.2. The monoisotopic (exact) mass is 524 g/mol. The molecule has 1 spiro atoms. The molecule has 180 valence electrons. The van der Waals surface area contributed by atoms with Crippen LogP contribution in [0.4, 0.5) is 4.39 Å². The maximum Gasteiger partial charge on any atom is 0.256 e. The van der Waals surface area contributed by atoms with Gasteiger partial charge in [0.25, 0.3) is 5.91 Å². The minimum atomic E-state index is -0.757. The van der Waals surface area contributed by atoms with E-state index in [1.807, 2.05) is 29.2 Å². The van der Waals surface area contributed by atoms with Gasteiger partial charge in [-0.15, -0.1) is 0 Å². The molecule has 2 aliphatic heterocycles. The topological polar surface area (TPSA) is 58.6 Å². The lowest BCUT2D eigenvalue weighted by Gasteiger charge is -2.38. The first-order valence-corrected chi connectivity index (χ1v) is 12.5. The summed E-state index contributed by atoms with van der Waals surface area (Å²) in [6.45, 7) is 1.59. The normalized spacial score (nSPS) is 25.4. The van der Waals surface area contributed by atoms with Crippen molar-refractivity contribution in [3.8, 4) is 0 Å². The highest BCUT2D eigenvalue weighted by molar-refractivity contribution is 6.36. The summed E-state index contributed by atoms with van der Waals surface area (Å²) in [5.74, 6) is -0.841. The molecule has 5 nitrogen and oxygen atoms in total. The summed E-state index contributed by atoms with van der Waals surface area (Å²) in [5, 5.41) is 3.64. The molecule has 2 aromatic rings. The number of ether oxygens (including phenoxy) is 1. The van der Waals surface area contributed by atoms with Crippen molar-refractivity contribution in [2.45, 2.75) is 43.2 Å². The van der Waals surface area contributed by atoms with Crippen LogP contribution in [0.25, 0.3) is 0 Å². The van der Waals surface area contributed by atoms with Gasteiger partial charge in [-0.2, -0.15) is 0 Å². The van der Waals surface area contributed by atoms with Gasteiger partial charge in [-0.1, -0.05) is 46.9 Å². The van der Waals surface area contributed by atoms with Gasteiger partial charge < -0.3 is 15.0 Å². The van der Waals surface area contributed by atoms with Gasteiger partial charge in [0, 0.05) is 29.1 Å². The number of halogens is 4. The Morgan fingerprint density at radius 2 is 1.76 bits per heavy atom. The Morgan fingerprint density at radius 3 is 2.44 bits per heavy atom. The summed E-state index contributed by atoms with van der Waals surface area (Å²) in [7, 11) is 0. The zero-order chi connectivity index (χ0) is 24.0. The van der Waals surface area contributed by atoms with Crippen molar-refractivity contribution in [3.63, 3.8) is 0 Å². The fourth-order valence-electron chi connectivity index (χ4n) is 5.22. The number of piperidine rings is 1. The van der Waals surface area contributed by atoms with E-state index in [1.165, 1.54) is 6.07 Å². The molecule has 1 N–H and O–H groups in total. The van der Waals surface area contributed by atoms with Gasteiger partial charge in [0.1, 0.15) is 5.82 Å². The summed E-state index contributed by atoms with van der Waals surface area (Å²) in [6, 6.07) is 9.88. The fourth-order valence-corrected chi connectivity index (χ4v) is 5.90. The van der Waals surface area contributed by atoms with Crippen molar-refractivity contribution in [1.29, 1.82) is 0 Å². The molecule has 34 heavy (non-hydrogen) atoms. The Hall–Kier alpha value is -1.86. The van der Waals surface area contributed by atoms with Crippen molar-refractivity contribution < 1.29 is 18.7 Å². The van der Waals surface area contributed by atoms with Crippen LogP contribution in [0.1, 0.15) is 47.5 Å². The maximum absolute atomic E-state index is 14.2. The van der Waals surface area contributed by atoms with E-state index >= 15 is 0 Å². The SMILES string of the molecule is O=C(NC1COC2(CCN(C(=O)C3CC3c3ccc(Cl)cc3)CC2)C1)c1c(F)cc(Cl)cc1Cl. The molecule has 3 fully saturated rings. The highest BCUT2D eigenvalue weighted by Gasteiger charge is 2.49. The number of hydrogen-bond donors (Lipinski definition) is 1. The Morgan fingerprint density at radius 1 is 1.06 bits per heavy atom. The third kappa shape index (κ3) is 4.78. The Kier molecular flexibility index (Phi) is 6.53. The second-order valence-corrected chi connectivity index (χ2v) is 10.7. The zero-order valence-electron chi connectivity index (χ0n) is 18.3. The van der Waals surface area contributed by atoms with E-state index in [1.54, 1.807) is 0 Å². The predicted octanol–water partition coefficient (Wildman–Crippen LogP) is 5.47. The van der Waals surface area contributed by atoms with Crippen molar-refractivity contribution in [3.05, 3.63) is 68.4 Å². The molecule has 3 unspecified atom stereocenters. The molecule has 0 radical (unpaired) electrons. The van der Waals surface area contributed by atoms with Crippen LogP contribution in [0.15, 0.2) is 36.4 Å². The lowest BCUT2D eigenvalue weighted by atomic mass is 9.87.